The lowest BCUT2D eigenvalue weighted by molar-refractivity contribution is -0.122. The molecule has 0 bridgehead atoms. The van der Waals surface area contributed by atoms with Gasteiger partial charge in [-0.15, -0.1) is 0 Å². The molecule has 4 rings (SSSR count). The molecule has 0 aromatic heterocycles. The van der Waals surface area contributed by atoms with Gasteiger partial charge in [-0.2, -0.15) is 0 Å². The van der Waals surface area contributed by atoms with Gasteiger partial charge in [-0.1, -0.05) is 0 Å². The monoisotopic (exact) mass is 460 g/mol. The number of carbonyl (C=O) groups excluding carboxylic acids is 2. The van der Waals surface area contributed by atoms with Crippen molar-refractivity contribution in [1.82, 2.24) is 10.2 Å². The molecule has 1 aromatic rings. The number of ether oxygens (including phenoxy) is 2. The molecule has 3 aliphatic rings. The first-order valence-electron chi connectivity index (χ1n) is 11.6. The van der Waals surface area contributed by atoms with E-state index in [9.17, 15) is 19.5 Å². The number of nitrogens with zero attached hydrogens (tertiary/aromatic N) is 3. The Balaban J connectivity index is 1.44. The summed E-state index contributed by atoms with van der Waals surface area (Å²) in [6, 6.07) is 4.59. The summed E-state index contributed by atoms with van der Waals surface area (Å²) in [5, 5.41) is 12.6. The highest BCUT2D eigenvalue weighted by molar-refractivity contribution is 6.12. The van der Waals surface area contributed by atoms with Crippen LogP contribution >= 0.6 is 0 Å². The Bertz CT molecular complexity index is 867. The van der Waals surface area contributed by atoms with Gasteiger partial charge in [0.05, 0.1) is 42.8 Å². The number of carboxylic acid groups (broad SMARTS) is 1. The van der Waals surface area contributed by atoms with Crippen molar-refractivity contribution in [2.75, 3.05) is 75.4 Å². The van der Waals surface area contributed by atoms with E-state index in [1.807, 2.05) is 0 Å². The van der Waals surface area contributed by atoms with Gasteiger partial charge < -0.3 is 24.8 Å². The van der Waals surface area contributed by atoms with Crippen LogP contribution in [0.3, 0.4) is 0 Å². The minimum absolute atomic E-state index is 0.0565. The number of carbonyl (C=O) groups is 3. The zero-order chi connectivity index (χ0) is 23.2. The molecule has 3 heterocycles. The second-order valence-corrected chi connectivity index (χ2v) is 8.61. The van der Waals surface area contributed by atoms with Gasteiger partial charge in [-0.25, -0.2) is 4.79 Å². The molecule has 10 nitrogen and oxygen atoms in total. The number of carboxylic acids is 1. The van der Waals surface area contributed by atoms with E-state index in [0.29, 0.717) is 24.5 Å². The van der Waals surface area contributed by atoms with Crippen LogP contribution in [0.2, 0.25) is 0 Å². The minimum atomic E-state index is -1.07. The zero-order valence-corrected chi connectivity index (χ0v) is 18.8. The van der Waals surface area contributed by atoms with Crippen molar-refractivity contribution < 1.29 is 29.0 Å². The average molecular weight is 461 g/mol. The van der Waals surface area contributed by atoms with Gasteiger partial charge in [0.2, 0.25) is 11.8 Å². The number of hydrogen-bond acceptors (Lipinski definition) is 7. The largest absolute Gasteiger partial charge is 0.478 e. The maximum atomic E-state index is 13.0. The summed E-state index contributed by atoms with van der Waals surface area (Å²) < 4.78 is 10.9. The molecule has 0 spiro atoms. The number of rotatable bonds is 9. The molecule has 1 atom stereocenters. The Kier molecular flexibility index (Phi) is 7.92. The number of nitrogens with one attached hydrogen (secondary N) is 1. The van der Waals surface area contributed by atoms with Crippen LogP contribution in [0.25, 0.3) is 0 Å². The number of amides is 2. The van der Waals surface area contributed by atoms with Crippen molar-refractivity contribution in [3.63, 3.8) is 0 Å². The number of aromatic carboxylic acids is 1. The summed E-state index contributed by atoms with van der Waals surface area (Å²) in [6.45, 7) is 5.84. The zero-order valence-electron chi connectivity index (χ0n) is 18.8. The van der Waals surface area contributed by atoms with Crippen LogP contribution in [0.15, 0.2) is 18.2 Å². The highest BCUT2D eigenvalue weighted by atomic mass is 16.5. The lowest BCUT2D eigenvalue weighted by Crippen LogP contribution is -2.51. The fourth-order valence-electron chi connectivity index (χ4n) is 4.53. The van der Waals surface area contributed by atoms with Crippen molar-refractivity contribution in [1.29, 1.82) is 0 Å². The minimum Gasteiger partial charge on any atom is -0.478 e. The van der Waals surface area contributed by atoms with E-state index >= 15 is 0 Å². The van der Waals surface area contributed by atoms with E-state index in [1.54, 1.807) is 11.0 Å². The maximum absolute atomic E-state index is 13.0. The van der Waals surface area contributed by atoms with Crippen LogP contribution in [0.4, 0.5) is 11.4 Å². The van der Waals surface area contributed by atoms with E-state index in [4.69, 9.17) is 9.47 Å². The van der Waals surface area contributed by atoms with Gasteiger partial charge in [0.1, 0.15) is 6.54 Å². The predicted octanol–water partition coefficient (Wildman–Crippen LogP) is 0.555. The molecular weight excluding hydrogens is 428 g/mol. The van der Waals surface area contributed by atoms with Crippen molar-refractivity contribution in [2.45, 2.75) is 25.4 Å². The van der Waals surface area contributed by atoms with Gasteiger partial charge in [0.15, 0.2) is 0 Å². The quantitative estimate of drug-likeness (QED) is 0.550. The van der Waals surface area contributed by atoms with E-state index < -0.39 is 5.97 Å². The number of fused-ring (bicyclic) bond motifs is 1. The first-order valence-corrected chi connectivity index (χ1v) is 11.6. The van der Waals surface area contributed by atoms with Crippen LogP contribution in [0.1, 0.15) is 29.6 Å². The molecule has 0 aliphatic carbocycles. The summed E-state index contributed by atoms with van der Waals surface area (Å²) in [5.74, 6) is -1.50. The molecule has 33 heavy (non-hydrogen) atoms. The number of hydrogen-bond donors (Lipinski definition) is 2. The van der Waals surface area contributed by atoms with E-state index in [0.717, 1.165) is 58.7 Å². The molecule has 2 saturated heterocycles. The smallest absolute Gasteiger partial charge is 0.335 e. The SMILES string of the molecule is O=C(O)c1ccc2c(c1)N(C(=O)CNCC1CCCO1)CC(=O)N2CCCN1CCOCC1. The third-order valence-corrected chi connectivity index (χ3v) is 6.33. The van der Waals surface area contributed by atoms with Crippen molar-refractivity contribution in [3.8, 4) is 0 Å². The first-order chi connectivity index (χ1) is 16.0. The Morgan fingerprint density at radius 2 is 1.94 bits per heavy atom. The normalized spacial score (nSPS) is 21.3. The molecule has 1 aromatic carbocycles. The van der Waals surface area contributed by atoms with Gasteiger partial charge >= 0.3 is 5.97 Å². The average Bonchev–Trinajstić information content (AvgIpc) is 3.34. The topological polar surface area (TPSA) is 112 Å². The Labute approximate surface area is 193 Å². The van der Waals surface area contributed by atoms with E-state index in [-0.39, 0.29) is 36.6 Å². The second-order valence-electron chi connectivity index (χ2n) is 8.61. The Morgan fingerprint density at radius 3 is 2.67 bits per heavy atom. The Hall–Kier alpha value is -2.53. The van der Waals surface area contributed by atoms with Crippen LogP contribution in [-0.4, -0.2) is 99.5 Å². The molecule has 2 fully saturated rings. The van der Waals surface area contributed by atoms with E-state index in [1.165, 1.54) is 17.0 Å². The maximum Gasteiger partial charge on any atom is 0.335 e. The molecule has 2 amide bonds. The standard InChI is InChI=1S/C23H32N4O6/c28-21(15-24-14-18-3-1-10-33-18)27-16-22(29)26(7-2-6-25-8-11-32-12-9-25)19-5-4-17(23(30)31)13-20(19)27/h4-5,13,18,24H,1-3,6-12,14-16H2,(H,30,31). The summed E-state index contributed by atoms with van der Waals surface area (Å²) in [7, 11) is 0. The third-order valence-electron chi connectivity index (χ3n) is 6.33. The highest BCUT2D eigenvalue weighted by Crippen LogP contribution is 2.35. The first kappa shape index (κ1) is 23.6. The summed E-state index contributed by atoms with van der Waals surface area (Å²) >= 11 is 0. The van der Waals surface area contributed by atoms with Gasteiger partial charge in [0.25, 0.3) is 0 Å². The van der Waals surface area contributed by atoms with Crippen molar-refractivity contribution in [2.24, 2.45) is 0 Å². The lowest BCUT2D eigenvalue weighted by atomic mass is 10.1. The summed E-state index contributed by atoms with van der Waals surface area (Å²) in [5.41, 5.74) is 1.12. The molecule has 180 valence electrons. The van der Waals surface area contributed by atoms with Crippen LogP contribution in [-0.2, 0) is 19.1 Å². The van der Waals surface area contributed by atoms with Crippen LogP contribution in [0.5, 0.6) is 0 Å². The lowest BCUT2D eigenvalue weighted by Gasteiger charge is -2.37. The fourth-order valence-corrected chi connectivity index (χ4v) is 4.53. The number of anilines is 2. The van der Waals surface area contributed by atoms with Crippen molar-refractivity contribution >= 4 is 29.2 Å². The fraction of sp³-hybridized carbons (Fsp3) is 0.609. The molecule has 0 saturated carbocycles. The Morgan fingerprint density at radius 1 is 1.12 bits per heavy atom. The molecule has 3 aliphatic heterocycles. The summed E-state index contributed by atoms with van der Waals surface area (Å²) in [6.07, 6.45) is 2.87. The molecule has 1 unspecified atom stereocenters. The second kappa shape index (κ2) is 11.1. The van der Waals surface area contributed by atoms with Gasteiger partial charge in [-0.3, -0.25) is 19.4 Å². The highest BCUT2D eigenvalue weighted by Gasteiger charge is 2.33. The number of morpholine rings is 1. The third kappa shape index (κ3) is 5.89. The molecule has 10 heteroatoms. The molecule has 0 radical (unpaired) electrons. The molecule has 2 N–H and O–H groups in total. The van der Waals surface area contributed by atoms with Gasteiger partial charge in [-0.05, 0) is 37.5 Å². The molecular formula is C23H32N4O6. The summed E-state index contributed by atoms with van der Waals surface area (Å²) in [4.78, 5) is 42.9. The van der Waals surface area contributed by atoms with Crippen molar-refractivity contribution in [3.05, 3.63) is 23.8 Å². The van der Waals surface area contributed by atoms with Gasteiger partial charge in [0, 0.05) is 39.3 Å². The number of benzene rings is 1. The van der Waals surface area contributed by atoms with Crippen LogP contribution in [0, 0.1) is 0 Å². The van der Waals surface area contributed by atoms with E-state index in [2.05, 4.69) is 10.2 Å². The van der Waals surface area contributed by atoms with Crippen LogP contribution < -0.4 is 15.1 Å². The predicted molar refractivity (Wildman–Crippen MR) is 122 cm³/mol.